The van der Waals surface area contributed by atoms with Gasteiger partial charge >= 0.3 is 0 Å². The molecule has 2 aromatic rings. The van der Waals surface area contributed by atoms with Crippen LogP contribution in [-0.4, -0.2) is 21.6 Å². The molecule has 0 aliphatic rings. The molecule has 0 aliphatic carbocycles. The van der Waals surface area contributed by atoms with Gasteiger partial charge in [0.25, 0.3) is 0 Å². The van der Waals surface area contributed by atoms with Crippen LogP contribution in [0.3, 0.4) is 0 Å². The molecule has 1 unspecified atom stereocenters. The number of aromatic nitrogens is 3. The Morgan fingerprint density at radius 1 is 1.28 bits per heavy atom. The minimum Gasteiger partial charge on any atom is -0.494 e. The molecule has 1 aromatic carbocycles. The van der Waals surface area contributed by atoms with E-state index < -0.39 is 0 Å². The summed E-state index contributed by atoms with van der Waals surface area (Å²) in [5.41, 5.74) is 1.93. The highest BCUT2D eigenvalue weighted by molar-refractivity contribution is 9.09. The lowest BCUT2D eigenvalue weighted by Crippen LogP contribution is -1.96. The highest BCUT2D eigenvalue weighted by Crippen LogP contribution is 2.24. The van der Waals surface area contributed by atoms with Gasteiger partial charge in [0.15, 0.2) is 0 Å². The van der Waals surface area contributed by atoms with E-state index in [0.29, 0.717) is 6.61 Å². The predicted molar refractivity (Wildman–Crippen MR) is 74.5 cm³/mol. The maximum Gasteiger partial charge on any atom is 0.119 e. The van der Waals surface area contributed by atoms with E-state index in [-0.39, 0.29) is 4.83 Å². The van der Waals surface area contributed by atoms with E-state index in [2.05, 4.69) is 33.2 Å². The number of alkyl halides is 1. The van der Waals surface area contributed by atoms with Gasteiger partial charge in [-0.1, -0.05) is 28.1 Å². The Hall–Kier alpha value is -1.36. The molecule has 2 rings (SSSR count). The fourth-order valence-electron chi connectivity index (χ4n) is 1.62. The summed E-state index contributed by atoms with van der Waals surface area (Å²) < 4.78 is 7.18. The van der Waals surface area contributed by atoms with E-state index >= 15 is 0 Å². The molecule has 18 heavy (non-hydrogen) atoms. The van der Waals surface area contributed by atoms with Gasteiger partial charge in [0, 0.05) is 0 Å². The van der Waals surface area contributed by atoms with E-state index in [1.807, 2.05) is 37.4 Å². The number of benzene rings is 1. The standard InChI is InChI=1S/C13H16BrN3O/c1-3-12(14)13-9-17(16-15-13)10-5-7-11(8-6-10)18-4-2/h5-9,12H,3-4H2,1-2H3. The SMILES string of the molecule is CCOc1ccc(-n2cc(C(Br)CC)nn2)cc1. The summed E-state index contributed by atoms with van der Waals surface area (Å²) in [6, 6.07) is 7.81. The van der Waals surface area contributed by atoms with Gasteiger partial charge in [-0.25, -0.2) is 4.68 Å². The molecule has 0 amide bonds. The van der Waals surface area contributed by atoms with E-state index in [4.69, 9.17) is 4.74 Å². The second-order valence-corrected chi connectivity index (χ2v) is 5.00. The van der Waals surface area contributed by atoms with Gasteiger partial charge in [0.2, 0.25) is 0 Å². The maximum atomic E-state index is 5.40. The molecule has 1 atom stereocenters. The van der Waals surface area contributed by atoms with Gasteiger partial charge in [-0.3, -0.25) is 0 Å². The van der Waals surface area contributed by atoms with Crippen LogP contribution in [0.2, 0.25) is 0 Å². The third-order valence-corrected chi connectivity index (χ3v) is 3.72. The third kappa shape index (κ3) is 2.90. The Bertz CT molecular complexity index is 495. The molecule has 0 radical (unpaired) electrons. The van der Waals surface area contributed by atoms with Gasteiger partial charge in [0.1, 0.15) is 5.75 Å². The molecule has 1 heterocycles. The Labute approximate surface area is 115 Å². The molecule has 5 heteroatoms. The Kier molecular flexibility index (Phi) is 4.36. The monoisotopic (exact) mass is 309 g/mol. The largest absolute Gasteiger partial charge is 0.494 e. The zero-order valence-electron chi connectivity index (χ0n) is 10.5. The first kappa shape index (κ1) is 13.1. The lowest BCUT2D eigenvalue weighted by molar-refractivity contribution is 0.340. The summed E-state index contributed by atoms with van der Waals surface area (Å²) in [5.74, 6) is 0.869. The summed E-state index contributed by atoms with van der Waals surface area (Å²) >= 11 is 3.57. The average molecular weight is 310 g/mol. The van der Waals surface area contributed by atoms with Crippen LogP contribution in [0.25, 0.3) is 5.69 Å². The molecule has 4 nitrogen and oxygen atoms in total. The van der Waals surface area contributed by atoms with Crippen LogP contribution >= 0.6 is 15.9 Å². The summed E-state index contributed by atoms with van der Waals surface area (Å²) in [5, 5.41) is 8.28. The predicted octanol–water partition coefficient (Wildman–Crippen LogP) is 3.51. The molecule has 0 saturated carbocycles. The van der Waals surface area contributed by atoms with Crippen molar-refractivity contribution in [1.82, 2.24) is 15.0 Å². The van der Waals surface area contributed by atoms with Crippen molar-refractivity contribution in [2.75, 3.05) is 6.61 Å². The summed E-state index contributed by atoms with van der Waals surface area (Å²) in [4.78, 5) is 0.258. The Morgan fingerprint density at radius 2 is 2.00 bits per heavy atom. The van der Waals surface area contributed by atoms with Crippen LogP contribution < -0.4 is 4.74 Å². The average Bonchev–Trinajstić information content (AvgIpc) is 2.89. The van der Waals surface area contributed by atoms with Crippen LogP contribution in [0.5, 0.6) is 5.75 Å². The van der Waals surface area contributed by atoms with Crippen molar-refractivity contribution >= 4 is 15.9 Å². The van der Waals surface area contributed by atoms with E-state index in [1.165, 1.54) is 0 Å². The highest BCUT2D eigenvalue weighted by Gasteiger charge is 2.10. The van der Waals surface area contributed by atoms with Crippen LogP contribution in [0.4, 0.5) is 0 Å². The van der Waals surface area contributed by atoms with Crippen molar-refractivity contribution in [3.05, 3.63) is 36.2 Å². The van der Waals surface area contributed by atoms with Crippen molar-refractivity contribution in [3.63, 3.8) is 0 Å². The van der Waals surface area contributed by atoms with Crippen LogP contribution in [0.15, 0.2) is 30.5 Å². The molecule has 0 saturated heterocycles. The normalized spacial score (nSPS) is 12.4. The van der Waals surface area contributed by atoms with Gasteiger partial charge in [-0.15, -0.1) is 5.10 Å². The number of nitrogens with zero attached hydrogens (tertiary/aromatic N) is 3. The maximum absolute atomic E-state index is 5.40. The van der Waals surface area contributed by atoms with Crippen LogP contribution in [0, 0.1) is 0 Å². The number of halogens is 1. The van der Waals surface area contributed by atoms with Crippen molar-refractivity contribution in [1.29, 1.82) is 0 Å². The second kappa shape index (κ2) is 6.00. The van der Waals surface area contributed by atoms with Gasteiger partial charge < -0.3 is 4.74 Å². The van der Waals surface area contributed by atoms with Crippen molar-refractivity contribution < 1.29 is 4.74 Å². The lowest BCUT2D eigenvalue weighted by Gasteiger charge is -2.04. The van der Waals surface area contributed by atoms with E-state index in [9.17, 15) is 0 Å². The Morgan fingerprint density at radius 3 is 2.61 bits per heavy atom. The van der Waals surface area contributed by atoms with Crippen LogP contribution in [-0.2, 0) is 0 Å². The fourth-order valence-corrected chi connectivity index (χ4v) is 1.83. The fraction of sp³-hybridized carbons (Fsp3) is 0.385. The molecular formula is C13H16BrN3O. The van der Waals surface area contributed by atoms with Crippen LogP contribution in [0.1, 0.15) is 30.8 Å². The minimum absolute atomic E-state index is 0.258. The quantitative estimate of drug-likeness (QED) is 0.793. The van der Waals surface area contributed by atoms with Crippen molar-refractivity contribution in [3.8, 4) is 11.4 Å². The van der Waals surface area contributed by atoms with E-state index in [0.717, 1.165) is 23.6 Å². The van der Waals surface area contributed by atoms with Crippen molar-refractivity contribution in [2.45, 2.75) is 25.1 Å². The number of rotatable bonds is 5. The first-order valence-electron chi connectivity index (χ1n) is 6.04. The summed E-state index contributed by atoms with van der Waals surface area (Å²) in [6.07, 6.45) is 2.93. The summed E-state index contributed by atoms with van der Waals surface area (Å²) in [6.45, 7) is 4.75. The molecule has 0 spiro atoms. The molecule has 96 valence electrons. The molecule has 1 aromatic heterocycles. The molecule has 0 fully saturated rings. The van der Waals surface area contributed by atoms with Crippen molar-refractivity contribution in [2.24, 2.45) is 0 Å². The summed E-state index contributed by atoms with van der Waals surface area (Å²) in [7, 11) is 0. The van der Waals surface area contributed by atoms with Gasteiger partial charge in [0.05, 0.1) is 29.0 Å². The van der Waals surface area contributed by atoms with E-state index in [1.54, 1.807) is 4.68 Å². The topological polar surface area (TPSA) is 39.9 Å². The number of hydrogen-bond donors (Lipinski definition) is 0. The first-order chi connectivity index (χ1) is 8.74. The zero-order valence-corrected chi connectivity index (χ0v) is 12.1. The first-order valence-corrected chi connectivity index (χ1v) is 6.95. The molecule has 0 N–H and O–H groups in total. The highest BCUT2D eigenvalue weighted by atomic mass is 79.9. The zero-order chi connectivity index (χ0) is 13.0. The molecular weight excluding hydrogens is 294 g/mol. The number of ether oxygens (including phenoxy) is 1. The second-order valence-electron chi connectivity index (χ2n) is 3.89. The van der Waals surface area contributed by atoms with Gasteiger partial charge in [-0.05, 0) is 37.6 Å². The van der Waals surface area contributed by atoms with Gasteiger partial charge in [-0.2, -0.15) is 0 Å². The number of hydrogen-bond acceptors (Lipinski definition) is 3. The third-order valence-electron chi connectivity index (χ3n) is 2.60. The molecule has 0 bridgehead atoms. The lowest BCUT2D eigenvalue weighted by atomic mass is 10.2. The molecule has 0 aliphatic heterocycles. The minimum atomic E-state index is 0.258. The smallest absolute Gasteiger partial charge is 0.119 e. The Balaban J connectivity index is 2.18.